The van der Waals surface area contributed by atoms with Gasteiger partial charge in [0.15, 0.2) is 9.84 Å². The fourth-order valence-electron chi connectivity index (χ4n) is 1.55. The Morgan fingerprint density at radius 1 is 1.50 bits per heavy atom. The quantitative estimate of drug-likeness (QED) is 0.639. The molecule has 0 heterocycles. The Bertz CT molecular complexity index is 526. The molecule has 1 unspecified atom stereocenters. The predicted octanol–water partition coefficient (Wildman–Crippen LogP) is 3.00. The van der Waals surface area contributed by atoms with Gasteiger partial charge in [-0.15, -0.1) is 6.58 Å². The molecule has 18 heavy (non-hydrogen) atoms. The molecule has 1 atom stereocenters. The Labute approximate surface area is 108 Å². The second-order valence-corrected chi connectivity index (χ2v) is 6.34. The van der Waals surface area contributed by atoms with Gasteiger partial charge in [-0.3, -0.25) is 0 Å². The van der Waals surface area contributed by atoms with Crippen molar-refractivity contribution < 1.29 is 12.8 Å². The van der Waals surface area contributed by atoms with Crippen LogP contribution in [0.2, 0.25) is 0 Å². The van der Waals surface area contributed by atoms with Crippen LogP contribution in [-0.4, -0.2) is 20.7 Å². The van der Waals surface area contributed by atoms with E-state index in [0.717, 1.165) is 19.1 Å². The maximum absolute atomic E-state index is 13.6. The highest BCUT2D eigenvalue weighted by Gasteiger charge is 2.12. The first-order valence-electron chi connectivity index (χ1n) is 5.71. The Kier molecular flexibility index (Phi) is 4.90. The Morgan fingerprint density at radius 3 is 2.72 bits per heavy atom. The molecular weight excluding hydrogens is 253 g/mol. The van der Waals surface area contributed by atoms with Crippen molar-refractivity contribution in [3.63, 3.8) is 0 Å². The minimum Gasteiger partial charge on any atom is -0.380 e. The number of hydrogen-bond donors (Lipinski definition) is 1. The third kappa shape index (κ3) is 4.14. The zero-order valence-electron chi connectivity index (χ0n) is 10.6. The number of rotatable bonds is 6. The molecule has 1 rings (SSSR count). The van der Waals surface area contributed by atoms with Crippen molar-refractivity contribution in [3.8, 4) is 0 Å². The molecule has 0 aliphatic carbocycles. The third-order valence-corrected chi connectivity index (χ3v) is 3.68. The van der Waals surface area contributed by atoms with Crippen LogP contribution in [0.5, 0.6) is 0 Å². The molecule has 1 aromatic rings. The number of allylic oxidation sites excluding steroid dienone is 1. The lowest BCUT2D eigenvalue weighted by molar-refractivity contribution is 0.600. The van der Waals surface area contributed by atoms with E-state index in [-0.39, 0.29) is 16.6 Å². The number of benzene rings is 1. The lowest BCUT2D eigenvalue weighted by Crippen LogP contribution is -2.16. The highest BCUT2D eigenvalue weighted by atomic mass is 32.2. The summed E-state index contributed by atoms with van der Waals surface area (Å²) in [6, 6.07) is 3.81. The van der Waals surface area contributed by atoms with E-state index in [2.05, 4.69) is 11.9 Å². The SMILES string of the molecule is C=CCCC(C)Nc1cc(S(C)(=O)=O)ccc1F. The molecule has 3 nitrogen and oxygen atoms in total. The predicted molar refractivity (Wildman–Crippen MR) is 72.0 cm³/mol. The van der Waals surface area contributed by atoms with Crippen LogP contribution in [-0.2, 0) is 9.84 Å². The van der Waals surface area contributed by atoms with Gasteiger partial charge in [0.25, 0.3) is 0 Å². The molecule has 0 aromatic heterocycles. The van der Waals surface area contributed by atoms with Crippen molar-refractivity contribution in [1.82, 2.24) is 0 Å². The van der Waals surface area contributed by atoms with E-state index in [1.54, 1.807) is 6.08 Å². The van der Waals surface area contributed by atoms with Crippen LogP contribution in [0.25, 0.3) is 0 Å². The normalized spacial score (nSPS) is 13.1. The highest BCUT2D eigenvalue weighted by Crippen LogP contribution is 2.21. The summed E-state index contributed by atoms with van der Waals surface area (Å²) in [5, 5.41) is 2.97. The zero-order valence-corrected chi connectivity index (χ0v) is 11.4. The van der Waals surface area contributed by atoms with E-state index < -0.39 is 15.7 Å². The number of hydrogen-bond acceptors (Lipinski definition) is 3. The molecule has 0 fully saturated rings. The Hall–Kier alpha value is -1.36. The maximum atomic E-state index is 13.6. The molecule has 0 saturated heterocycles. The topological polar surface area (TPSA) is 46.2 Å². The summed E-state index contributed by atoms with van der Waals surface area (Å²) in [5.41, 5.74) is 0.217. The number of sulfone groups is 1. The van der Waals surface area contributed by atoms with E-state index in [4.69, 9.17) is 0 Å². The number of halogens is 1. The van der Waals surface area contributed by atoms with Gasteiger partial charge in [0.1, 0.15) is 5.82 Å². The second kappa shape index (κ2) is 6.00. The van der Waals surface area contributed by atoms with Crippen LogP contribution in [0.15, 0.2) is 35.7 Å². The molecule has 1 aromatic carbocycles. The van der Waals surface area contributed by atoms with Gasteiger partial charge in [-0.2, -0.15) is 0 Å². The van der Waals surface area contributed by atoms with Gasteiger partial charge in [-0.05, 0) is 38.0 Å². The summed E-state index contributed by atoms with van der Waals surface area (Å²) >= 11 is 0. The van der Waals surface area contributed by atoms with Crippen LogP contribution in [0, 0.1) is 5.82 Å². The van der Waals surface area contributed by atoms with Crippen molar-refractivity contribution in [3.05, 3.63) is 36.7 Å². The summed E-state index contributed by atoms with van der Waals surface area (Å²) in [6.07, 6.45) is 4.53. The lowest BCUT2D eigenvalue weighted by atomic mass is 10.1. The number of anilines is 1. The van der Waals surface area contributed by atoms with Gasteiger partial charge in [-0.25, -0.2) is 12.8 Å². The van der Waals surface area contributed by atoms with Crippen molar-refractivity contribution >= 4 is 15.5 Å². The van der Waals surface area contributed by atoms with Crippen LogP contribution < -0.4 is 5.32 Å². The average Bonchev–Trinajstić information content (AvgIpc) is 2.28. The van der Waals surface area contributed by atoms with Gasteiger partial charge >= 0.3 is 0 Å². The summed E-state index contributed by atoms with van der Waals surface area (Å²) in [5.74, 6) is -0.451. The van der Waals surface area contributed by atoms with Crippen LogP contribution >= 0.6 is 0 Å². The highest BCUT2D eigenvalue weighted by molar-refractivity contribution is 7.90. The maximum Gasteiger partial charge on any atom is 0.175 e. The summed E-state index contributed by atoms with van der Waals surface area (Å²) in [6.45, 7) is 5.54. The average molecular weight is 271 g/mol. The molecular formula is C13H18FNO2S. The van der Waals surface area contributed by atoms with E-state index >= 15 is 0 Å². The van der Waals surface area contributed by atoms with E-state index in [1.807, 2.05) is 6.92 Å². The standard InChI is InChI=1S/C13H18FNO2S/c1-4-5-6-10(2)15-13-9-11(18(3,16)17)7-8-12(13)14/h4,7-10,15H,1,5-6H2,2-3H3. The van der Waals surface area contributed by atoms with Crippen LogP contribution in [0.4, 0.5) is 10.1 Å². The fraction of sp³-hybridized carbons (Fsp3) is 0.385. The second-order valence-electron chi connectivity index (χ2n) is 4.33. The van der Waals surface area contributed by atoms with Crippen molar-refractivity contribution in [2.45, 2.75) is 30.7 Å². The molecule has 0 aliphatic heterocycles. The zero-order chi connectivity index (χ0) is 13.8. The van der Waals surface area contributed by atoms with Gasteiger partial charge in [0.05, 0.1) is 10.6 Å². The summed E-state index contributed by atoms with van der Waals surface area (Å²) < 4.78 is 36.3. The smallest absolute Gasteiger partial charge is 0.175 e. The Morgan fingerprint density at radius 2 is 2.17 bits per heavy atom. The molecule has 5 heteroatoms. The molecule has 0 bridgehead atoms. The van der Waals surface area contributed by atoms with Gasteiger partial charge in [-0.1, -0.05) is 6.08 Å². The molecule has 100 valence electrons. The number of nitrogens with one attached hydrogen (secondary N) is 1. The van der Waals surface area contributed by atoms with E-state index in [0.29, 0.717) is 0 Å². The van der Waals surface area contributed by atoms with Crippen LogP contribution in [0.3, 0.4) is 0 Å². The van der Waals surface area contributed by atoms with E-state index in [1.165, 1.54) is 18.2 Å². The third-order valence-electron chi connectivity index (χ3n) is 2.57. The van der Waals surface area contributed by atoms with Crippen molar-refractivity contribution in [2.75, 3.05) is 11.6 Å². The van der Waals surface area contributed by atoms with Gasteiger partial charge in [0, 0.05) is 12.3 Å². The Balaban J connectivity index is 2.91. The molecule has 0 radical (unpaired) electrons. The lowest BCUT2D eigenvalue weighted by Gasteiger charge is -2.15. The van der Waals surface area contributed by atoms with Gasteiger partial charge < -0.3 is 5.32 Å². The molecule has 0 saturated carbocycles. The minimum atomic E-state index is -3.32. The van der Waals surface area contributed by atoms with Gasteiger partial charge in [0.2, 0.25) is 0 Å². The first-order chi connectivity index (χ1) is 8.34. The molecule has 0 spiro atoms. The van der Waals surface area contributed by atoms with E-state index in [9.17, 15) is 12.8 Å². The fourth-order valence-corrected chi connectivity index (χ4v) is 2.20. The van der Waals surface area contributed by atoms with Crippen molar-refractivity contribution in [2.24, 2.45) is 0 Å². The minimum absolute atomic E-state index is 0.0484. The van der Waals surface area contributed by atoms with Crippen molar-refractivity contribution in [1.29, 1.82) is 0 Å². The summed E-state index contributed by atoms with van der Waals surface area (Å²) in [4.78, 5) is 0.113. The largest absolute Gasteiger partial charge is 0.380 e. The van der Waals surface area contributed by atoms with Crippen LogP contribution in [0.1, 0.15) is 19.8 Å². The summed E-state index contributed by atoms with van der Waals surface area (Å²) in [7, 11) is -3.32. The molecule has 0 amide bonds. The molecule has 1 N–H and O–H groups in total. The monoisotopic (exact) mass is 271 g/mol. The first-order valence-corrected chi connectivity index (χ1v) is 7.60. The molecule has 0 aliphatic rings. The first kappa shape index (κ1) is 14.7.